The highest BCUT2D eigenvalue weighted by atomic mass is 16.1. The minimum absolute atomic E-state index is 0.0159. The molecule has 0 saturated heterocycles. The molecule has 0 aliphatic rings. The average Bonchev–Trinajstić information content (AvgIpc) is 2.27. The first kappa shape index (κ1) is 14.6. The number of hydrogen-bond acceptors (Lipinski definition) is 2. The zero-order valence-corrected chi connectivity index (χ0v) is 12.1. The van der Waals surface area contributed by atoms with Crippen molar-refractivity contribution in [1.29, 1.82) is 0 Å². The highest BCUT2D eigenvalue weighted by Gasteiger charge is 2.21. The van der Waals surface area contributed by atoms with Gasteiger partial charge in [0.1, 0.15) is 0 Å². The van der Waals surface area contributed by atoms with Crippen LogP contribution < -0.4 is 10.6 Å². The minimum Gasteiger partial charge on any atom is -0.387 e. The van der Waals surface area contributed by atoms with Gasteiger partial charge >= 0.3 is 0 Å². The van der Waals surface area contributed by atoms with Gasteiger partial charge in [0.15, 0.2) is 0 Å². The zero-order chi connectivity index (χ0) is 13.8. The van der Waals surface area contributed by atoms with E-state index in [1.807, 2.05) is 32.2 Å². The Hall–Kier alpha value is -1.51. The van der Waals surface area contributed by atoms with E-state index in [1.54, 1.807) is 0 Å². The van der Waals surface area contributed by atoms with Gasteiger partial charge in [-0.2, -0.15) is 0 Å². The molecule has 100 valence electrons. The van der Waals surface area contributed by atoms with Crippen LogP contribution >= 0.6 is 0 Å². The lowest BCUT2D eigenvalue weighted by atomic mass is 9.98. The third-order valence-electron chi connectivity index (χ3n) is 3.02. The lowest BCUT2D eigenvalue weighted by Gasteiger charge is -2.26. The van der Waals surface area contributed by atoms with Gasteiger partial charge in [-0.05, 0) is 44.9 Å². The monoisotopic (exact) mass is 248 g/mol. The predicted molar refractivity (Wildman–Crippen MR) is 77.2 cm³/mol. The molecule has 0 fully saturated rings. The van der Waals surface area contributed by atoms with Crippen LogP contribution in [-0.2, 0) is 0 Å². The van der Waals surface area contributed by atoms with Crippen LogP contribution in [0.3, 0.4) is 0 Å². The summed E-state index contributed by atoms with van der Waals surface area (Å²) in [7, 11) is 1.84. The normalized spacial score (nSPS) is 11.2. The topological polar surface area (TPSA) is 41.1 Å². The van der Waals surface area contributed by atoms with Crippen LogP contribution in [0.15, 0.2) is 18.2 Å². The van der Waals surface area contributed by atoms with Gasteiger partial charge in [-0.15, -0.1) is 0 Å². The number of nitrogens with one attached hydrogen (secondary N) is 2. The fourth-order valence-electron chi connectivity index (χ4n) is 2.13. The Morgan fingerprint density at radius 2 is 2.00 bits per heavy atom. The van der Waals surface area contributed by atoms with E-state index in [4.69, 9.17) is 0 Å². The third kappa shape index (κ3) is 3.76. The maximum atomic E-state index is 12.3. The van der Waals surface area contributed by atoms with Crippen LogP contribution in [0.5, 0.6) is 0 Å². The molecular formula is C15H24N2O. The fourth-order valence-corrected chi connectivity index (χ4v) is 2.13. The summed E-state index contributed by atoms with van der Waals surface area (Å²) in [5.41, 5.74) is 2.55. The van der Waals surface area contributed by atoms with Gasteiger partial charge in [0, 0.05) is 18.3 Å². The highest BCUT2D eigenvalue weighted by Crippen LogP contribution is 2.19. The van der Waals surface area contributed by atoms with E-state index in [-0.39, 0.29) is 11.4 Å². The number of hydrogen-bond donors (Lipinski definition) is 2. The van der Waals surface area contributed by atoms with E-state index in [2.05, 4.69) is 31.4 Å². The Morgan fingerprint density at radius 3 is 2.56 bits per heavy atom. The number of aryl methyl sites for hydroxylation is 1. The van der Waals surface area contributed by atoms with Gasteiger partial charge in [0.2, 0.25) is 0 Å². The summed E-state index contributed by atoms with van der Waals surface area (Å²) in [6.07, 6.45) is 2.03. The van der Waals surface area contributed by atoms with Gasteiger partial charge in [-0.25, -0.2) is 0 Å². The van der Waals surface area contributed by atoms with Crippen molar-refractivity contribution in [3.63, 3.8) is 0 Å². The molecule has 0 atom stereocenters. The standard InChI is InChI=1S/C15H24N2O/c1-6-9-15(3,4)17-14(18)12-8-7-11(2)10-13(12)16-5/h7-8,10,16H,6,9H2,1-5H3,(H,17,18). The summed E-state index contributed by atoms with van der Waals surface area (Å²) in [4.78, 5) is 12.3. The van der Waals surface area contributed by atoms with E-state index in [0.717, 1.165) is 24.1 Å². The number of carbonyl (C=O) groups excluding carboxylic acids is 1. The van der Waals surface area contributed by atoms with Crippen LogP contribution in [0.1, 0.15) is 49.5 Å². The molecule has 1 aromatic carbocycles. The van der Waals surface area contributed by atoms with E-state index in [1.165, 1.54) is 0 Å². The van der Waals surface area contributed by atoms with Crippen molar-refractivity contribution >= 4 is 11.6 Å². The quantitative estimate of drug-likeness (QED) is 0.839. The van der Waals surface area contributed by atoms with E-state index in [0.29, 0.717) is 5.56 Å². The predicted octanol–water partition coefficient (Wildman–Crippen LogP) is 3.35. The molecule has 1 rings (SSSR count). The molecule has 0 spiro atoms. The van der Waals surface area contributed by atoms with Crippen LogP contribution in [0, 0.1) is 6.92 Å². The summed E-state index contributed by atoms with van der Waals surface area (Å²) in [6.45, 7) is 8.26. The largest absolute Gasteiger partial charge is 0.387 e. The van der Waals surface area contributed by atoms with Crippen LogP contribution in [0.25, 0.3) is 0 Å². The Bertz CT molecular complexity index is 425. The van der Waals surface area contributed by atoms with E-state index in [9.17, 15) is 4.79 Å². The molecule has 3 nitrogen and oxygen atoms in total. The maximum absolute atomic E-state index is 12.3. The maximum Gasteiger partial charge on any atom is 0.253 e. The summed E-state index contributed by atoms with van der Waals surface area (Å²) < 4.78 is 0. The average molecular weight is 248 g/mol. The molecule has 0 radical (unpaired) electrons. The van der Waals surface area contributed by atoms with Crippen molar-refractivity contribution in [2.75, 3.05) is 12.4 Å². The third-order valence-corrected chi connectivity index (χ3v) is 3.02. The molecule has 1 amide bonds. The second-order valence-corrected chi connectivity index (χ2v) is 5.39. The van der Waals surface area contributed by atoms with Crippen molar-refractivity contribution in [1.82, 2.24) is 5.32 Å². The Morgan fingerprint density at radius 1 is 1.33 bits per heavy atom. The van der Waals surface area contributed by atoms with Crippen molar-refractivity contribution in [3.05, 3.63) is 29.3 Å². The SMILES string of the molecule is CCCC(C)(C)NC(=O)c1ccc(C)cc1NC. The highest BCUT2D eigenvalue weighted by molar-refractivity contribution is 6.00. The number of anilines is 1. The van der Waals surface area contributed by atoms with Crippen molar-refractivity contribution < 1.29 is 4.79 Å². The summed E-state index contributed by atoms with van der Waals surface area (Å²) in [5, 5.41) is 6.16. The van der Waals surface area contributed by atoms with E-state index >= 15 is 0 Å². The first-order chi connectivity index (χ1) is 8.39. The molecule has 0 bridgehead atoms. The lowest BCUT2D eigenvalue weighted by molar-refractivity contribution is 0.0910. The van der Waals surface area contributed by atoms with Gasteiger partial charge in [0.05, 0.1) is 5.56 Å². The Kier molecular flexibility index (Phi) is 4.76. The van der Waals surface area contributed by atoms with Crippen molar-refractivity contribution in [3.8, 4) is 0 Å². The Labute approximate surface area is 110 Å². The molecule has 2 N–H and O–H groups in total. The molecule has 0 aliphatic carbocycles. The molecular weight excluding hydrogens is 224 g/mol. The lowest BCUT2D eigenvalue weighted by Crippen LogP contribution is -2.43. The summed E-state index contributed by atoms with van der Waals surface area (Å²) in [5.74, 6) is -0.0159. The molecule has 18 heavy (non-hydrogen) atoms. The molecule has 0 aromatic heterocycles. The molecule has 0 heterocycles. The molecule has 3 heteroatoms. The minimum atomic E-state index is -0.165. The zero-order valence-electron chi connectivity index (χ0n) is 12.1. The molecule has 1 aromatic rings. The molecule has 0 aliphatic heterocycles. The van der Waals surface area contributed by atoms with Crippen LogP contribution in [0.2, 0.25) is 0 Å². The van der Waals surface area contributed by atoms with Gasteiger partial charge < -0.3 is 10.6 Å². The van der Waals surface area contributed by atoms with Gasteiger partial charge in [-0.1, -0.05) is 19.4 Å². The summed E-state index contributed by atoms with van der Waals surface area (Å²) >= 11 is 0. The van der Waals surface area contributed by atoms with Crippen molar-refractivity contribution in [2.24, 2.45) is 0 Å². The Balaban J connectivity index is 2.91. The first-order valence-electron chi connectivity index (χ1n) is 6.50. The number of amides is 1. The van der Waals surface area contributed by atoms with E-state index < -0.39 is 0 Å². The van der Waals surface area contributed by atoms with Gasteiger partial charge in [0.25, 0.3) is 5.91 Å². The van der Waals surface area contributed by atoms with Crippen LogP contribution in [0.4, 0.5) is 5.69 Å². The fraction of sp³-hybridized carbons (Fsp3) is 0.533. The van der Waals surface area contributed by atoms with Crippen LogP contribution in [-0.4, -0.2) is 18.5 Å². The first-order valence-corrected chi connectivity index (χ1v) is 6.50. The summed E-state index contributed by atoms with van der Waals surface area (Å²) in [6, 6.07) is 5.82. The molecule has 0 saturated carbocycles. The number of benzene rings is 1. The van der Waals surface area contributed by atoms with Crippen molar-refractivity contribution in [2.45, 2.75) is 46.1 Å². The second kappa shape index (κ2) is 5.89. The number of rotatable bonds is 5. The molecule has 0 unspecified atom stereocenters. The van der Waals surface area contributed by atoms with Gasteiger partial charge in [-0.3, -0.25) is 4.79 Å². The number of carbonyl (C=O) groups is 1. The second-order valence-electron chi connectivity index (χ2n) is 5.39. The smallest absolute Gasteiger partial charge is 0.253 e.